The Kier molecular flexibility index (Phi) is 3.89. The van der Waals surface area contributed by atoms with Crippen LogP contribution in [0.2, 0.25) is 5.15 Å². The lowest BCUT2D eigenvalue weighted by molar-refractivity contribution is -0.151. The van der Waals surface area contributed by atoms with E-state index in [1.54, 1.807) is 6.07 Å². The van der Waals surface area contributed by atoms with E-state index in [9.17, 15) is 14.7 Å². The van der Waals surface area contributed by atoms with Gasteiger partial charge in [-0.3, -0.25) is 9.59 Å². The topological polar surface area (TPSA) is 83.6 Å². The maximum Gasteiger partial charge on any atom is 0.311 e. The molecule has 1 aromatic heterocycles. The van der Waals surface area contributed by atoms with Crippen LogP contribution in [-0.2, 0) is 16.0 Å². The van der Waals surface area contributed by atoms with Gasteiger partial charge in [0.15, 0.2) is 5.15 Å². The lowest BCUT2D eigenvalue weighted by Crippen LogP contribution is -2.44. The van der Waals surface area contributed by atoms with Crippen LogP contribution in [0.5, 0.6) is 0 Å². The zero-order valence-corrected chi connectivity index (χ0v) is 13.2. The van der Waals surface area contributed by atoms with Crippen LogP contribution in [0.1, 0.15) is 44.8 Å². The second-order valence-electron chi connectivity index (χ2n) is 6.18. The van der Waals surface area contributed by atoms with Crippen LogP contribution in [0, 0.1) is 5.41 Å². The summed E-state index contributed by atoms with van der Waals surface area (Å²) in [4.78, 5) is 26.1. The number of fused-ring (bicyclic) bond motifs is 2. The van der Waals surface area contributed by atoms with Gasteiger partial charge in [0.1, 0.15) is 5.76 Å². The van der Waals surface area contributed by atoms with Crippen molar-refractivity contribution in [2.45, 2.75) is 57.5 Å². The maximum atomic E-state index is 12.6. The molecule has 0 aromatic carbocycles. The van der Waals surface area contributed by atoms with Gasteiger partial charge in [-0.05, 0) is 25.7 Å². The number of rotatable bonds is 5. The molecule has 1 N–H and O–H groups in total. The van der Waals surface area contributed by atoms with Gasteiger partial charge in [0, 0.05) is 31.0 Å². The molecule has 2 bridgehead atoms. The number of carbonyl (C=O) groups is 2. The molecule has 22 heavy (non-hydrogen) atoms. The summed E-state index contributed by atoms with van der Waals surface area (Å²) in [6.45, 7) is 1.90. The second-order valence-corrected chi connectivity index (χ2v) is 6.57. The van der Waals surface area contributed by atoms with Crippen LogP contribution in [0.4, 0.5) is 0 Å². The molecule has 3 heterocycles. The third kappa shape index (κ3) is 2.29. The summed E-state index contributed by atoms with van der Waals surface area (Å²) in [6.07, 6.45) is 3.54. The maximum absolute atomic E-state index is 12.6. The molecule has 0 spiro atoms. The Morgan fingerprint density at radius 2 is 2.32 bits per heavy atom. The number of carbonyl (C=O) groups excluding carboxylic acids is 1. The molecule has 0 aliphatic carbocycles. The number of hydrogen-bond donors (Lipinski definition) is 1. The highest BCUT2D eigenvalue weighted by atomic mass is 35.5. The Balaban J connectivity index is 1.70. The number of hydrogen-bond acceptors (Lipinski definition) is 4. The van der Waals surface area contributed by atoms with Crippen molar-refractivity contribution in [3.05, 3.63) is 17.0 Å². The summed E-state index contributed by atoms with van der Waals surface area (Å²) in [5.74, 6) is -0.205. The van der Waals surface area contributed by atoms with E-state index < -0.39 is 11.4 Å². The van der Waals surface area contributed by atoms with Crippen molar-refractivity contribution in [3.63, 3.8) is 0 Å². The molecule has 2 aliphatic heterocycles. The molecule has 7 heteroatoms. The molecule has 2 fully saturated rings. The van der Waals surface area contributed by atoms with E-state index in [1.807, 2.05) is 11.8 Å². The van der Waals surface area contributed by atoms with Crippen LogP contribution in [-0.4, -0.2) is 39.1 Å². The standard InChI is InChI=1S/C15H19ClN2O4/c1-2-15(14(20)21)8-9-3-5-11(15)18(9)13(19)6-4-10-7-12(16)17-22-10/h7,9,11H,2-6,8H2,1H3,(H,20,21)/t9-,11+,15+/m0/s1. The van der Waals surface area contributed by atoms with Crippen molar-refractivity contribution < 1.29 is 19.2 Å². The first-order valence-electron chi connectivity index (χ1n) is 7.63. The van der Waals surface area contributed by atoms with Crippen LogP contribution in [0.3, 0.4) is 0 Å². The number of halogens is 1. The Bertz CT molecular complexity index is 602. The highest BCUT2D eigenvalue weighted by Gasteiger charge is 2.60. The predicted molar refractivity (Wildman–Crippen MR) is 78.5 cm³/mol. The second kappa shape index (κ2) is 5.57. The third-order valence-electron chi connectivity index (χ3n) is 5.20. The van der Waals surface area contributed by atoms with Gasteiger partial charge in [-0.1, -0.05) is 23.7 Å². The van der Waals surface area contributed by atoms with Gasteiger partial charge in [0.2, 0.25) is 5.91 Å². The Morgan fingerprint density at radius 3 is 2.86 bits per heavy atom. The molecule has 2 saturated heterocycles. The van der Waals surface area contributed by atoms with E-state index in [4.69, 9.17) is 16.1 Å². The highest BCUT2D eigenvalue weighted by molar-refractivity contribution is 6.29. The van der Waals surface area contributed by atoms with Gasteiger partial charge in [-0.15, -0.1) is 0 Å². The fourth-order valence-electron chi connectivity index (χ4n) is 4.09. The first kappa shape index (κ1) is 15.3. The summed E-state index contributed by atoms with van der Waals surface area (Å²) in [5, 5.41) is 13.5. The summed E-state index contributed by atoms with van der Waals surface area (Å²) >= 11 is 5.68. The summed E-state index contributed by atoms with van der Waals surface area (Å²) in [5.41, 5.74) is -0.770. The Morgan fingerprint density at radius 1 is 1.55 bits per heavy atom. The van der Waals surface area contributed by atoms with Crippen LogP contribution < -0.4 is 0 Å². The summed E-state index contributed by atoms with van der Waals surface area (Å²) < 4.78 is 5.00. The molecule has 1 aromatic rings. The van der Waals surface area contributed by atoms with Gasteiger partial charge < -0.3 is 14.5 Å². The number of aryl methyl sites for hydroxylation is 1. The number of nitrogens with zero attached hydrogens (tertiary/aromatic N) is 2. The summed E-state index contributed by atoms with van der Waals surface area (Å²) in [7, 11) is 0. The average molecular weight is 327 g/mol. The van der Waals surface area contributed by atoms with Crippen LogP contribution >= 0.6 is 11.6 Å². The first-order chi connectivity index (χ1) is 10.5. The van der Waals surface area contributed by atoms with Gasteiger partial charge in [-0.2, -0.15) is 0 Å². The van der Waals surface area contributed by atoms with E-state index in [1.165, 1.54) is 0 Å². The average Bonchev–Trinajstić information content (AvgIpc) is 3.17. The van der Waals surface area contributed by atoms with Crippen molar-refractivity contribution in [2.24, 2.45) is 5.41 Å². The molecule has 0 unspecified atom stereocenters. The van der Waals surface area contributed by atoms with Crippen molar-refractivity contribution in [2.75, 3.05) is 0 Å². The Labute approximate surface area is 133 Å². The SMILES string of the molecule is CC[C@@]1(C(=O)O)C[C@@H]2CC[C@H]1N2C(=O)CCc1cc(Cl)no1. The number of carboxylic acids is 1. The molecule has 3 rings (SSSR count). The molecule has 1 amide bonds. The Hall–Kier alpha value is -1.56. The number of aromatic nitrogens is 1. The van der Waals surface area contributed by atoms with E-state index in [-0.39, 0.29) is 29.6 Å². The largest absolute Gasteiger partial charge is 0.481 e. The smallest absolute Gasteiger partial charge is 0.311 e. The highest BCUT2D eigenvalue weighted by Crippen LogP contribution is 2.52. The van der Waals surface area contributed by atoms with Gasteiger partial charge >= 0.3 is 5.97 Å². The number of aliphatic carboxylic acids is 1. The van der Waals surface area contributed by atoms with E-state index >= 15 is 0 Å². The van der Waals surface area contributed by atoms with E-state index in [0.717, 1.165) is 12.8 Å². The molecular formula is C15H19ClN2O4. The van der Waals surface area contributed by atoms with E-state index in [2.05, 4.69) is 5.16 Å². The van der Waals surface area contributed by atoms with Gasteiger partial charge in [-0.25, -0.2) is 0 Å². The normalized spacial score (nSPS) is 30.0. The van der Waals surface area contributed by atoms with Crippen LogP contribution in [0.15, 0.2) is 10.6 Å². The zero-order valence-electron chi connectivity index (χ0n) is 12.4. The lowest BCUT2D eigenvalue weighted by atomic mass is 9.72. The quantitative estimate of drug-likeness (QED) is 0.898. The van der Waals surface area contributed by atoms with Crippen LogP contribution in [0.25, 0.3) is 0 Å². The van der Waals surface area contributed by atoms with Crippen molar-refractivity contribution in [3.8, 4) is 0 Å². The molecular weight excluding hydrogens is 308 g/mol. The number of carboxylic acid groups (broad SMARTS) is 1. The molecule has 2 aliphatic rings. The van der Waals surface area contributed by atoms with Gasteiger partial charge in [0.25, 0.3) is 0 Å². The molecule has 6 nitrogen and oxygen atoms in total. The van der Waals surface area contributed by atoms with E-state index in [0.29, 0.717) is 25.0 Å². The number of amides is 1. The fourth-order valence-corrected chi connectivity index (χ4v) is 4.24. The fraction of sp³-hybridized carbons (Fsp3) is 0.667. The monoisotopic (exact) mass is 326 g/mol. The van der Waals surface area contributed by atoms with Crippen molar-refractivity contribution >= 4 is 23.5 Å². The molecule has 120 valence electrons. The molecule has 0 radical (unpaired) electrons. The van der Waals surface area contributed by atoms with Crippen molar-refractivity contribution in [1.29, 1.82) is 0 Å². The molecule has 0 saturated carbocycles. The third-order valence-corrected chi connectivity index (χ3v) is 5.38. The van der Waals surface area contributed by atoms with Gasteiger partial charge in [0.05, 0.1) is 5.41 Å². The minimum atomic E-state index is -0.776. The summed E-state index contributed by atoms with van der Waals surface area (Å²) in [6, 6.07) is 1.48. The predicted octanol–water partition coefficient (Wildman–Crippen LogP) is 2.50. The zero-order chi connectivity index (χ0) is 15.9. The lowest BCUT2D eigenvalue weighted by Gasteiger charge is -2.32. The first-order valence-corrected chi connectivity index (χ1v) is 8.01. The van der Waals surface area contributed by atoms with Crippen molar-refractivity contribution in [1.82, 2.24) is 10.1 Å². The minimum absolute atomic E-state index is 0.00315. The minimum Gasteiger partial charge on any atom is -0.481 e. The molecule has 3 atom stereocenters.